The van der Waals surface area contributed by atoms with Gasteiger partial charge in [-0.25, -0.2) is 4.98 Å². The molecule has 0 saturated heterocycles. The van der Waals surface area contributed by atoms with Crippen molar-refractivity contribution in [1.82, 2.24) is 4.98 Å². The molecule has 7 heteroatoms. The van der Waals surface area contributed by atoms with E-state index in [1.807, 2.05) is 5.38 Å². The van der Waals surface area contributed by atoms with E-state index in [4.69, 9.17) is 27.9 Å². The molecule has 1 N–H and O–H groups in total. The first-order valence-electron chi connectivity index (χ1n) is 7.44. The third-order valence-electron chi connectivity index (χ3n) is 3.78. The van der Waals surface area contributed by atoms with Crippen molar-refractivity contribution in [1.29, 1.82) is 0 Å². The number of aromatic nitrogens is 1. The SMILES string of the molecule is O=C(Nc1nccs1)C(OC1CCCC1)c1ccc(Cl)c(Cl)c1. The largest absolute Gasteiger partial charge is 0.360 e. The molecule has 1 unspecified atom stereocenters. The van der Waals surface area contributed by atoms with Crippen LogP contribution in [0.25, 0.3) is 0 Å². The van der Waals surface area contributed by atoms with E-state index in [0.29, 0.717) is 20.7 Å². The van der Waals surface area contributed by atoms with E-state index in [0.717, 1.165) is 25.7 Å². The lowest BCUT2D eigenvalue weighted by Crippen LogP contribution is -2.26. The zero-order valence-electron chi connectivity index (χ0n) is 12.3. The van der Waals surface area contributed by atoms with Gasteiger partial charge in [0.2, 0.25) is 0 Å². The predicted molar refractivity (Wildman–Crippen MR) is 93.3 cm³/mol. The summed E-state index contributed by atoms with van der Waals surface area (Å²) in [6.45, 7) is 0. The van der Waals surface area contributed by atoms with Crippen LogP contribution in [-0.4, -0.2) is 17.0 Å². The molecule has 4 nitrogen and oxygen atoms in total. The average Bonchev–Trinajstić information content (AvgIpc) is 3.21. The highest BCUT2D eigenvalue weighted by atomic mass is 35.5. The fourth-order valence-electron chi connectivity index (χ4n) is 2.64. The van der Waals surface area contributed by atoms with Gasteiger partial charge in [0.1, 0.15) is 0 Å². The lowest BCUT2D eigenvalue weighted by Gasteiger charge is -2.21. The van der Waals surface area contributed by atoms with Crippen LogP contribution in [0.4, 0.5) is 5.13 Å². The molecule has 1 fully saturated rings. The molecule has 0 aliphatic heterocycles. The number of nitrogens with zero attached hydrogens (tertiary/aromatic N) is 1. The summed E-state index contributed by atoms with van der Waals surface area (Å²) in [6, 6.07) is 5.14. The van der Waals surface area contributed by atoms with Crippen molar-refractivity contribution in [2.24, 2.45) is 0 Å². The fraction of sp³-hybridized carbons (Fsp3) is 0.375. The second kappa shape index (κ2) is 7.62. The number of rotatable bonds is 5. The van der Waals surface area contributed by atoms with Crippen LogP contribution in [-0.2, 0) is 9.53 Å². The van der Waals surface area contributed by atoms with Gasteiger partial charge in [0.25, 0.3) is 5.91 Å². The Morgan fingerprint density at radius 3 is 2.74 bits per heavy atom. The monoisotopic (exact) mass is 370 g/mol. The van der Waals surface area contributed by atoms with Gasteiger partial charge in [0.15, 0.2) is 11.2 Å². The standard InChI is InChI=1S/C16H16Cl2N2O2S/c17-12-6-5-10(9-13(12)18)14(22-11-3-1-2-4-11)15(21)20-16-19-7-8-23-16/h5-9,11,14H,1-4H2,(H,19,20,21). The van der Waals surface area contributed by atoms with Crippen LogP contribution >= 0.6 is 34.5 Å². The molecule has 122 valence electrons. The molecular weight excluding hydrogens is 355 g/mol. The lowest BCUT2D eigenvalue weighted by molar-refractivity contribution is -0.131. The van der Waals surface area contributed by atoms with E-state index in [2.05, 4.69) is 10.3 Å². The lowest BCUT2D eigenvalue weighted by atomic mass is 10.1. The summed E-state index contributed by atoms with van der Waals surface area (Å²) in [4.78, 5) is 16.7. The molecule has 1 atom stereocenters. The zero-order valence-corrected chi connectivity index (χ0v) is 14.6. The number of thiazole rings is 1. The van der Waals surface area contributed by atoms with Crippen LogP contribution in [0, 0.1) is 0 Å². The van der Waals surface area contributed by atoms with Gasteiger partial charge < -0.3 is 4.74 Å². The molecule has 3 rings (SSSR count). The first-order valence-corrected chi connectivity index (χ1v) is 9.08. The minimum absolute atomic E-state index is 0.0940. The van der Waals surface area contributed by atoms with E-state index in [9.17, 15) is 4.79 Å². The number of carbonyl (C=O) groups excluding carboxylic acids is 1. The quantitative estimate of drug-likeness (QED) is 0.797. The molecule has 0 bridgehead atoms. The van der Waals surface area contributed by atoms with Gasteiger partial charge in [-0.15, -0.1) is 11.3 Å². The number of anilines is 1. The van der Waals surface area contributed by atoms with E-state index in [-0.39, 0.29) is 12.0 Å². The summed E-state index contributed by atoms with van der Waals surface area (Å²) in [5.74, 6) is -0.245. The summed E-state index contributed by atoms with van der Waals surface area (Å²) >= 11 is 13.4. The van der Waals surface area contributed by atoms with E-state index >= 15 is 0 Å². The van der Waals surface area contributed by atoms with Crippen molar-refractivity contribution in [2.45, 2.75) is 37.9 Å². The number of halogens is 2. The van der Waals surface area contributed by atoms with E-state index in [1.54, 1.807) is 24.4 Å². The van der Waals surface area contributed by atoms with Crippen LogP contribution < -0.4 is 5.32 Å². The third kappa shape index (κ3) is 4.23. The van der Waals surface area contributed by atoms with Crippen molar-refractivity contribution in [2.75, 3.05) is 5.32 Å². The Kier molecular flexibility index (Phi) is 5.54. The first kappa shape index (κ1) is 16.7. The van der Waals surface area contributed by atoms with Crippen LogP contribution in [0.3, 0.4) is 0 Å². The van der Waals surface area contributed by atoms with Crippen molar-refractivity contribution in [3.63, 3.8) is 0 Å². The van der Waals surface area contributed by atoms with Gasteiger partial charge in [0.05, 0.1) is 16.1 Å². The van der Waals surface area contributed by atoms with Crippen molar-refractivity contribution >= 4 is 45.6 Å². The molecule has 0 spiro atoms. The molecule has 1 heterocycles. The Morgan fingerprint density at radius 1 is 1.30 bits per heavy atom. The molecule has 1 saturated carbocycles. The highest BCUT2D eigenvalue weighted by Gasteiger charge is 2.28. The zero-order chi connectivity index (χ0) is 16.2. The number of hydrogen-bond donors (Lipinski definition) is 1. The van der Waals surface area contributed by atoms with E-state index in [1.165, 1.54) is 11.3 Å². The van der Waals surface area contributed by atoms with Gasteiger partial charge in [-0.1, -0.05) is 42.1 Å². The Bertz CT molecular complexity index is 673. The molecular formula is C16H16Cl2N2O2S. The molecule has 1 amide bonds. The second-order valence-corrected chi connectivity index (χ2v) is 7.13. The summed E-state index contributed by atoms with van der Waals surface area (Å²) < 4.78 is 6.07. The highest BCUT2D eigenvalue weighted by molar-refractivity contribution is 7.13. The normalized spacial score (nSPS) is 16.4. The Labute approximate surface area is 148 Å². The fourth-order valence-corrected chi connectivity index (χ4v) is 3.48. The summed E-state index contributed by atoms with van der Waals surface area (Å²) in [5, 5.41) is 6.02. The average molecular weight is 371 g/mol. The second-order valence-electron chi connectivity index (χ2n) is 5.42. The van der Waals surface area contributed by atoms with Crippen LogP contribution in [0.5, 0.6) is 0 Å². The number of benzene rings is 1. The Hall–Kier alpha value is -1.14. The van der Waals surface area contributed by atoms with Gasteiger partial charge in [-0.3, -0.25) is 10.1 Å². The van der Waals surface area contributed by atoms with Crippen LogP contribution in [0.1, 0.15) is 37.4 Å². The van der Waals surface area contributed by atoms with Gasteiger partial charge in [-0.05, 0) is 30.5 Å². The van der Waals surface area contributed by atoms with Gasteiger partial charge >= 0.3 is 0 Å². The smallest absolute Gasteiger partial charge is 0.259 e. The first-order chi connectivity index (χ1) is 11.1. The highest BCUT2D eigenvalue weighted by Crippen LogP contribution is 2.32. The molecule has 2 aromatic rings. The summed E-state index contributed by atoms with van der Waals surface area (Å²) in [7, 11) is 0. The minimum atomic E-state index is -0.725. The van der Waals surface area contributed by atoms with Crippen molar-refractivity contribution in [3.05, 3.63) is 45.4 Å². The van der Waals surface area contributed by atoms with Gasteiger partial charge in [0, 0.05) is 11.6 Å². The van der Waals surface area contributed by atoms with Crippen molar-refractivity contribution < 1.29 is 9.53 Å². The molecule has 1 aromatic heterocycles. The Balaban J connectivity index is 1.82. The number of ether oxygens (including phenoxy) is 1. The van der Waals surface area contributed by atoms with E-state index < -0.39 is 6.10 Å². The predicted octanol–water partition coefficient (Wildman–Crippen LogP) is 5.09. The summed E-state index contributed by atoms with van der Waals surface area (Å²) in [5.41, 5.74) is 0.695. The summed E-state index contributed by atoms with van der Waals surface area (Å²) in [6.07, 6.45) is 5.23. The maximum atomic E-state index is 12.6. The number of carbonyl (C=O) groups is 1. The van der Waals surface area contributed by atoms with Crippen LogP contribution in [0.15, 0.2) is 29.8 Å². The Morgan fingerprint density at radius 2 is 2.09 bits per heavy atom. The van der Waals surface area contributed by atoms with Crippen LogP contribution in [0.2, 0.25) is 10.0 Å². The number of hydrogen-bond acceptors (Lipinski definition) is 4. The van der Waals surface area contributed by atoms with Crippen molar-refractivity contribution in [3.8, 4) is 0 Å². The maximum Gasteiger partial charge on any atom is 0.259 e. The molecule has 0 radical (unpaired) electrons. The number of nitrogens with one attached hydrogen (secondary N) is 1. The minimum Gasteiger partial charge on any atom is -0.360 e. The maximum absolute atomic E-state index is 12.6. The topological polar surface area (TPSA) is 51.2 Å². The van der Waals surface area contributed by atoms with Gasteiger partial charge in [-0.2, -0.15) is 0 Å². The molecule has 1 aliphatic carbocycles. The third-order valence-corrected chi connectivity index (χ3v) is 5.21. The molecule has 23 heavy (non-hydrogen) atoms. The molecule has 1 aromatic carbocycles. The molecule has 1 aliphatic rings. The number of amides is 1.